The van der Waals surface area contributed by atoms with Crippen molar-refractivity contribution in [1.29, 1.82) is 0 Å². The van der Waals surface area contributed by atoms with E-state index in [9.17, 15) is 13.2 Å². The Morgan fingerprint density at radius 1 is 1.21 bits per heavy atom. The van der Waals surface area contributed by atoms with Crippen LogP contribution in [0.3, 0.4) is 0 Å². The van der Waals surface area contributed by atoms with Crippen LogP contribution in [-0.4, -0.2) is 65.2 Å². The van der Waals surface area contributed by atoms with E-state index in [0.717, 1.165) is 24.8 Å². The minimum atomic E-state index is -3.64. The molecule has 2 aliphatic rings. The number of hydrogen-bond acceptors (Lipinski definition) is 6. The highest BCUT2D eigenvalue weighted by Gasteiger charge is 2.27. The van der Waals surface area contributed by atoms with Crippen LogP contribution < -0.4 is 10.5 Å². The first-order valence-corrected chi connectivity index (χ1v) is 11.4. The van der Waals surface area contributed by atoms with Crippen LogP contribution in [0.5, 0.6) is 0 Å². The Morgan fingerprint density at radius 3 is 2.62 bits per heavy atom. The first-order chi connectivity index (χ1) is 13.8. The number of rotatable bonds is 4. The van der Waals surface area contributed by atoms with Gasteiger partial charge in [-0.2, -0.15) is 12.7 Å². The number of fused-ring (bicyclic) bond motifs is 1. The maximum absolute atomic E-state index is 12.8. The van der Waals surface area contributed by atoms with Crippen LogP contribution in [0.15, 0.2) is 24.4 Å². The van der Waals surface area contributed by atoms with Crippen molar-refractivity contribution in [3.05, 3.63) is 30.0 Å². The molecule has 2 aromatic rings. The maximum Gasteiger partial charge on any atom is 0.276 e. The standard InChI is InChI=1S/C19H26N6O3S/c1-13-3-2-8-25(13)18(26)14-4-5-15-12-21-19(23-17(15)11-14)22-16-6-9-24(10-7-16)29(20,27)28/h4-5,11-13,16H,2-3,6-10H2,1H3,(H2,20,27,28)(H,21,22,23)/t13-/m0/s1. The van der Waals surface area contributed by atoms with E-state index in [2.05, 4.69) is 22.2 Å². The second-order valence-corrected chi connectivity index (χ2v) is 9.37. The van der Waals surface area contributed by atoms with E-state index < -0.39 is 10.2 Å². The van der Waals surface area contributed by atoms with Gasteiger partial charge < -0.3 is 10.2 Å². The molecule has 0 saturated carbocycles. The number of benzene rings is 1. The summed E-state index contributed by atoms with van der Waals surface area (Å²) < 4.78 is 24.1. The summed E-state index contributed by atoms with van der Waals surface area (Å²) in [6, 6.07) is 5.86. The summed E-state index contributed by atoms with van der Waals surface area (Å²) in [6.07, 6.45) is 5.07. The molecule has 0 bridgehead atoms. The summed E-state index contributed by atoms with van der Waals surface area (Å²) in [7, 11) is -3.64. The minimum absolute atomic E-state index is 0.0420. The molecule has 3 N–H and O–H groups in total. The van der Waals surface area contributed by atoms with Crippen LogP contribution in [0.2, 0.25) is 0 Å². The SMILES string of the molecule is C[C@H]1CCCN1C(=O)c1ccc2cnc(NC3CCN(S(N)(=O)=O)CC3)nc2c1. The molecule has 1 atom stereocenters. The van der Waals surface area contributed by atoms with E-state index in [-0.39, 0.29) is 18.0 Å². The Labute approximate surface area is 170 Å². The zero-order valence-electron chi connectivity index (χ0n) is 16.4. The Hall–Kier alpha value is -2.30. The fourth-order valence-corrected chi connectivity index (χ4v) is 4.78. The van der Waals surface area contributed by atoms with Crippen molar-refractivity contribution in [3.8, 4) is 0 Å². The normalized spacial score (nSPS) is 21.6. The molecule has 9 nitrogen and oxygen atoms in total. The molecule has 4 rings (SSSR count). The van der Waals surface area contributed by atoms with E-state index in [4.69, 9.17) is 5.14 Å². The molecule has 29 heavy (non-hydrogen) atoms. The van der Waals surface area contributed by atoms with Crippen LogP contribution in [0.1, 0.15) is 43.0 Å². The third kappa shape index (κ3) is 4.34. The van der Waals surface area contributed by atoms with Gasteiger partial charge in [0.25, 0.3) is 16.1 Å². The Morgan fingerprint density at radius 2 is 1.97 bits per heavy atom. The van der Waals surface area contributed by atoms with Gasteiger partial charge >= 0.3 is 0 Å². The van der Waals surface area contributed by atoms with Crippen molar-refractivity contribution < 1.29 is 13.2 Å². The van der Waals surface area contributed by atoms with Crippen molar-refractivity contribution in [2.45, 2.75) is 44.7 Å². The molecule has 1 aromatic heterocycles. The number of aromatic nitrogens is 2. The van der Waals surface area contributed by atoms with Crippen molar-refractivity contribution >= 4 is 33.0 Å². The number of nitrogens with one attached hydrogen (secondary N) is 1. The predicted molar refractivity (Wildman–Crippen MR) is 111 cm³/mol. The summed E-state index contributed by atoms with van der Waals surface area (Å²) in [5.74, 6) is 0.520. The number of nitrogens with zero attached hydrogens (tertiary/aromatic N) is 4. The van der Waals surface area contributed by atoms with Gasteiger partial charge in [0.05, 0.1) is 5.52 Å². The summed E-state index contributed by atoms with van der Waals surface area (Å²) in [5.41, 5.74) is 1.35. The third-order valence-electron chi connectivity index (χ3n) is 5.79. The van der Waals surface area contributed by atoms with Gasteiger partial charge in [-0.05, 0) is 44.7 Å². The number of hydrogen-bond donors (Lipinski definition) is 2. The average molecular weight is 419 g/mol. The van der Waals surface area contributed by atoms with Crippen LogP contribution in [0, 0.1) is 0 Å². The van der Waals surface area contributed by atoms with Crippen molar-refractivity contribution in [2.24, 2.45) is 5.14 Å². The smallest absolute Gasteiger partial charge is 0.276 e. The molecule has 0 radical (unpaired) electrons. The quantitative estimate of drug-likeness (QED) is 0.773. The lowest BCUT2D eigenvalue weighted by Crippen LogP contribution is -2.45. The highest BCUT2D eigenvalue weighted by molar-refractivity contribution is 7.86. The molecule has 2 aliphatic heterocycles. The second kappa shape index (κ2) is 7.85. The topological polar surface area (TPSA) is 122 Å². The molecule has 2 saturated heterocycles. The van der Waals surface area contributed by atoms with Gasteiger partial charge in [-0.1, -0.05) is 6.07 Å². The monoisotopic (exact) mass is 418 g/mol. The number of carbonyl (C=O) groups is 1. The van der Waals surface area contributed by atoms with Gasteiger partial charge in [0.15, 0.2) is 0 Å². The summed E-state index contributed by atoms with van der Waals surface area (Å²) in [4.78, 5) is 23.7. The molecular weight excluding hydrogens is 392 g/mol. The van der Waals surface area contributed by atoms with Gasteiger partial charge in [0.1, 0.15) is 0 Å². The fourth-order valence-electron chi connectivity index (χ4n) is 4.06. The molecule has 0 spiro atoms. The van der Waals surface area contributed by atoms with E-state index in [1.807, 2.05) is 23.1 Å². The number of anilines is 1. The van der Waals surface area contributed by atoms with Crippen molar-refractivity contribution in [1.82, 2.24) is 19.2 Å². The number of nitrogens with two attached hydrogens (primary N) is 1. The van der Waals surface area contributed by atoms with Crippen LogP contribution in [0.25, 0.3) is 10.9 Å². The molecule has 0 unspecified atom stereocenters. The average Bonchev–Trinajstić information content (AvgIpc) is 3.12. The molecule has 1 aromatic carbocycles. The molecule has 2 fully saturated rings. The second-order valence-electron chi connectivity index (χ2n) is 7.82. The van der Waals surface area contributed by atoms with Gasteiger partial charge in [0.2, 0.25) is 5.95 Å². The first kappa shape index (κ1) is 20.0. The Balaban J connectivity index is 1.48. The maximum atomic E-state index is 12.8. The lowest BCUT2D eigenvalue weighted by atomic mass is 10.1. The van der Waals surface area contributed by atoms with Crippen molar-refractivity contribution in [3.63, 3.8) is 0 Å². The van der Waals surface area contributed by atoms with E-state index >= 15 is 0 Å². The van der Waals surface area contributed by atoms with Gasteiger partial charge in [0, 0.05) is 48.9 Å². The molecule has 3 heterocycles. The highest BCUT2D eigenvalue weighted by Crippen LogP contribution is 2.22. The van der Waals surface area contributed by atoms with Crippen LogP contribution in [0.4, 0.5) is 5.95 Å². The first-order valence-electron chi connectivity index (χ1n) is 9.93. The van der Waals surface area contributed by atoms with Crippen molar-refractivity contribution in [2.75, 3.05) is 25.0 Å². The summed E-state index contributed by atoms with van der Waals surface area (Å²) in [5, 5.41) is 9.33. The lowest BCUT2D eigenvalue weighted by Gasteiger charge is -2.30. The number of piperidine rings is 1. The third-order valence-corrected chi connectivity index (χ3v) is 6.88. The number of amides is 1. The van der Waals surface area contributed by atoms with E-state index in [0.29, 0.717) is 43.0 Å². The molecule has 0 aliphatic carbocycles. The number of carbonyl (C=O) groups excluding carboxylic acids is 1. The Kier molecular flexibility index (Phi) is 5.41. The molecule has 156 valence electrons. The largest absolute Gasteiger partial charge is 0.351 e. The highest BCUT2D eigenvalue weighted by atomic mass is 32.2. The zero-order chi connectivity index (χ0) is 20.6. The molecule has 1 amide bonds. The Bertz CT molecular complexity index is 1020. The number of likely N-dealkylation sites (tertiary alicyclic amines) is 1. The summed E-state index contributed by atoms with van der Waals surface area (Å²) >= 11 is 0. The minimum Gasteiger partial charge on any atom is -0.351 e. The van der Waals surface area contributed by atoms with Gasteiger partial charge in [-0.3, -0.25) is 4.79 Å². The zero-order valence-corrected chi connectivity index (χ0v) is 17.2. The van der Waals surface area contributed by atoms with Crippen LogP contribution >= 0.6 is 0 Å². The van der Waals surface area contributed by atoms with E-state index in [1.165, 1.54) is 4.31 Å². The fraction of sp³-hybridized carbons (Fsp3) is 0.526. The van der Waals surface area contributed by atoms with Crippen LogP contribution in [-0.2, 0) is 10.2 Å². The summed E-state index contributed by atoms with van der Waals surface area (Å²) in [6.45, 7) is 3.62. The molecule has 10 heteroatoms. The lowest BCUT2D eigenvalue weighted by molar-refractivity contribution is 0.0747. The van der Waals surface area contributed by atoms with Gasteiger partial charge in [-0.25, -0.2) is 15.1 Å². The van der Waals surface area contributed by atoms with E-state index in [1.54, 1.807) is 6.20 Å². The molecular formula is C19H26N6O3S. The van der Waals surface area contributed by atoms with Gasteiger partial charge in [-0.15, -0.1) is 0 Å². The predicted octanol–water partition coefficient (Wildman–Crippen LogP) is 1.33.